The molecule has 2 aliphatic rings. The Morgan fingerprint density at radius 3 is 2.54 bits per heavy atom. The van der Waals surface area contributed by atoms with Crippen LogP contribution in [0.2, 0.25) is 0 Å². The summed E-state index contributed by atoms with van der Waals surface area (Å²) < 4.78 is 23.2. The van der Waals surface area contributed by atoms with Gasteiger partial charge in [-0.15, -0.1) is 0 Å². The molecule has 1 aromatic rings. The second-order valence-corrected chi connectivity index (χ2v) is 8.60. The maximum absolute atomic E-state index is 12.9. The molecule has 0 saturated carbocycles. The quantitative estimate of drug-likeness (QED) is 0.875. The van der Waals surface area contributed by atoms with Crippen LogP contribution in [-0.2, 0) is 21.4 Å². The van der Waals surface area contributed by atoms with E-state index < -0.39 is 15.3 Å². The van der Waals surface area contributed by atoms with Crippen LogP contribution in [0.4, 0.5) is 0 Å². The van der Waals surface area contributed by atoms with Crippen LogP contribution in [0.3, 0.4) is 0 Å². The van der Waals surface area contributed by atoms with Gasteiger partial charge in [0.05, 0.1) is 11.3 Å². The SMILES string of the molecule is NS(=O)(=O)C1CCCN(C(=O)C2CCCN2Cc2ccccc2)C1. The van der Waals surface area contributed by atoms with Gasteiger partial charge in [-0.05, 0) is 37.8 Å². The molecular weight excluding hydrogens is 326 g/mol. The second-order valence-electron chi connectivity index (χ2n) is 6.75. The number of nitrogens with zero attached hydrogens (tertiary/aromatic N) is 2. The predicted molar refractivity (Wildman–Crippen MR) is 92.6 cm³/mol. The highest BCUT2D eigenvalue weighted by Gasteiger charge is 2.37. The Labute approximate surface area is 143 Å². The Morgan fingerprint density at radius 1 is 1.12 bits per heavy atom. The van der Waals surface area contributed by atoms with Gasteiger partial charge in [-0.25, -0.2) is 13.6 Å². The number of nitrogens with two attached hydrogens (primary N) is 1. The molecule has 2 N–H and O–H groups in total. The molecule has 0 bridgehead atoms. The van der Waals surface area contributed by atoms with Gasteiger partial charge in [-0.2, -0.15) is 0 Å². The lowest BCUT2D eigenvalue weighted by molar-refractivity contribution is -0.137. The summed E-state index contributed by atoms with van der Waals surface area (Å²) in [6.45, 7) is 2.51. The average Bonchev–Trinajstić information content (AvgIpc) is 3.02. The third-order valence-electron chi connectivity index (χ3n) is 5.03. The fourth-order valence-electron chi connectivity index (χ4n) is 3.73. The summed E-state index contributed by atoms with van der Waals surface area (Å²) in [5, 5.41) is 4.65. The van der Waals surface area contributed by atoms with Crippen LogP contribution in [0, 0.1) is 0 Å². The van der Waals surface area contributed by atoms with Gasteiger partial charge in [0.15, 0.2) is 0 Å². The van der Waals surface area contributed by atoms with E-state index in [4.69, 9.17) is 5.14 Å². The highest BCUT2D eigenvalue weighted by molar-refractivity contribution is 7.89. The van der Waals surface area contributed by atoms with Crippen molar-refractivity contribution >= 4 is 15.9 Å². The van der Waals surface area contributed by atoms with Crippen molar-refractivity contribution < 1.29 is 13.2 Å². The van der Waals surface area contributed by atoms with Crippen molar-refractivity contribution in [2.75, 3.05) is 19.6 Å². The molecule has 2 heterocycles. The molecule has 2 aliphatic heterocycles. The minimum Gasteiger partial charge on any atom is -0.340 e. The van der Waals surface area contributed by atoms with E-state index in [1.807, 2.05) is 18.2 Å². The van der Waals surface area contributed by atoms with E-state index in [1.54, 1.807) is 4.90 Å². The number of benzene rings is 1. The number of hydrogen-bond acceptors (Lipinski definition) is 4. The second kappa shape index (κ2) is 7.21. The summed E-state index contributed by atoms with van der Waals surface area (Å²) in [4.78, 5) is 16.8. The monoisotopic (exact) mass is 351 g/mol. The van der Waals surface area contributed by atoms with Gasteiger partial charge in [-0.3, -0.25) is 9.69 Å². The normalized spacial score (nSPS) is 25.8. The molecule has 2 atom stereocenters. The van der Waals surface area contributed by atoms with Crippen molar-refractivity contribution in [2.45, 2.75) is 43.5 Å². The van der Waals surface area contributed by atoms with E-state index >= 15 is 0 Å². The molecule has 2 fully saturated rings. The predicted octanol–water partition coefficient (Wildman–Crippen LogP) is 0.931. The maximum Gasteiger partial charge on any atom is 0.239 e. The van der Waals surface area contributed by atoms with E-state index in [2.05, 4.69) is 17.0 Å². The molecule has 1 aromatic carbocycles. The number of carbonyl (C=O) groups excluding carboxylic acids is 1. The van der Waals surface area contributed by atoms with Crippen LogP contribution in [0.15, 0.2) is 30.3 Å². The first-order valence-corrected chi connectivity index (χ1v) is 10.1. The first kappa shape index (κ1) is 17.4. The number of hydrogen-bond donors (Lipinski definition) is 1. The van der Waals surface area contributed by atoms with E-state index in [0.29, 0.717) is 19.4 Å². The molecule has 7 heteroatoms. The van der Waals surface area contributed by atoms with Gasteiger partial charge in [0.25, 0.3) is 0 Å². The first-order chi connectivity index (χ1) is 11.4. The van der Waals surface area contributed by atoms with Gasteiger partial charge in [0, 0.05) is 19.6 Å². The zero-order valence-corrected chi connectivity index (χ0v) is 14.6. The van der Waals surface area contributed by atoms with E-state index in [9.17, 15) is 13.2 Å². The van der Waals surface area contributed by atoms with Crippen molar-refractivity contribution in [3.63, 3.8) is 0 Å². The maximum atomic E-state index is 12.9. The summed E-state index contributed by atoms with van der Waals surface area (Å²) in [6.07, 6.45) is 3.07. The molecule has 132 valence electrons. The highest BCUT2D eigenvalue weighted by atomic mass is 32.2. The van der Waals surface area contributed by atoms with Gasteiger partial charge in [0.2, 0.25) is 15.9 Å². The van der Waals surface area contributed by atoms with Crippen molar-refractivity contribution in [1.29, 1.82) is 0 Å². The topological polar surface area (TPSA) is 83.7 Å². The summed E-state index contributed by atoms with van der Waals surface area (Å²) in [5.74, 6) is 0.0526. The van der Waals surface area contributed by atoms with Crippen LogP contribution in [0.5, 0.6) is 0 Å². The Morgan fingerprint density at radius 2 is 1.83 bits per heavy atom. The highest BCUT2D eigenvalue weighted by Crippen LogP contribution is 2.24. The minimum absolute atomic E-state index is 0.0526. The van der Waals surface area contributed by atoms with E-state index in [-0.39, 0.29) is 18.5 Å². The van der Waals surface area contributed by atoms with E-state index in [0.717, 1.165) is 25.9 Å². The van der Waals surface area contributed by atoms with Crippen LogP contribution in [0.25, 0.3) is 0 Å². The smallest absolute Gasteiger partial charge is 0.239 e. The fourth-order valence-corrected chi connectivity index (χ4v) is 4.61. The third-order valence-corrected chi connectivity index (χ3v) is 6.35. The zero-order chi connectivity index (χ0) is 17.2. The molecule has 3 rings (SSSR count). The molecule has 2 saturated heterocycles. The zero-order valence-electron chi connectivity index (χ0n) is 13.8. The lowest BCUT2D eigenvalue weighted by Gasteiger charge is -2.35. The molecule has 24 heavy (non-hydrogen) atoms. The lowest BCUT2D eigenvalue weighted by atomic mass is 10.1. The summed E-state index contributed by atoms with van der Waals surface area (Å²) in [6, 6.07) is 9.98. The molecule has 0 aromatic heterocycles. The van der Waals surface area contributed by atoms with Crippen LogP contribution < -0.4 is 5.14 Å². The summed E-state index contributed by atoms with van der Waals surface area (Å²) in [7, 11) is -3.59. The number of amides is 1. The van der Waals surface area contributed by atoms with Gasteiger partial charge in [-0.1, -0.05) is 30.3 Å². The van der Waals surface area contributed by atoms with Crippen LogP contribution in [0.1, 0.15) is 31.2 Å². The summed E-state index contributed by atoms with van der Waals surface area (Å²) in [5.41, 5.74) is 1.19. The molecule has 0 spiro atoms. The van der Waals surface area contributed by atoms with E-state index in [1.165, 1.54) is 5.56 Å². The number of piperidine rings is 1. The number of sulfonamides is 1. The Bertz CT molecular complexity index is 678. The van der Waals surface area contributed by atoms with Crippen molar-refractivity contribution in [1.82, 2.24) is 9.80 Å². The Kier molecular flexibility index (Phi) is 5.22. The summed E-state index contributed by atoms with van der Waals surface area (Å²) >= 11 is 0. The molecule has 6 nitrogen and oxygen atoms in total. The molecular formula is C17H25N3O3S. The number of carbonyl (C=O) groups is 1. The minimum atomic E-state index is -3.59. The Balaban J connectivity index is 1.67. The molecule has 0 aliphatic carbocycles. The molecule has 2 unspecified atom stereocenters. The van der Waals surface area contributed by atoms with Crippen molar-refractivity contribution in [3.05, 3.63) is 35.9 Å². The standard InChI is InChI=1S/C17H25N3O3S/c18-24(22,23)15-8-4-11-20(13-15)17(21)16-9-5-10-19(16)12-14-6-2-1-3-7-14/h1-3,6-7,15-16H,4-5,8-13H2,(H2,18,22,23). The number of primary sulfonamides is 1. The van der Waals surface area contributed by atoms with Gasteiger partial charge in [0.1, 0.15) is 0 Å². The Hall–Kier alpha value is -1.44. The third kappa shape index (κ3) is 3.96. The van der Waals surface area contributed by atoms with Crippen molar-refractivity contribution in [3.8, 4) is 0 Å². The average molecular weight is 351 g/mol. The largest absolute Gasteiger partial charge is 0.340 e. The lowest BCUT2D eigenvalue weighted by Crippen LogP contribution is -2.52. The van der Waals surface area contributed by atoms with Gasteiger partial charge < -0.3 is 4.90 Å². The fraction of sp³-hybridized carbons (Fsp3) is 0.588. The number of rotatable bonds is 4. The number of likely N-dealkylation sites (tertiary alicyclic amines) is 2. The van der Waals surface area contributed by atoms with Crippen molar-refractivity contribution in [2.24, 2.45) is 5.14 Å². The van der Waals surface area contributed by atoms with Crippen LogP contribution in [-0.4, -0.2) is 55.1 Å². The molecule has 0 radical (unpaired) electrons. The molecule has 1 amide bonds. The van der Waals surface area contributed by atoms with Crippen LogP contribution >= 0.6 is 0 Å². The first-order valence-electron chi connectivity index (χ1n) is 8.53. The van der Waals surface area contributed by atoms with Gasteiger partial charge >= 0.3 is 0 Å².